The molecule has 0 spiro atoms. The van der Waals surface area contributed by atoms with Gasteiger partial charge in [-0.25, -0.2) is 4.79 Å². The van der Waals surface area contributed by atoms with Crippen LogP contribution in [0.25, 0.3) is 0 Å². The maximum absolute atomic E-state index is 11.7. The highest BCUT2D eigenvalue weighted by atomic mass is 16.5. The number of rotatable bonds is 7. The molecular weight excluding hydrogens is 272 g/mol. The lowest BCUT2D eigenvalue weighted by atomic mass is 10.0. The number of carbonyl (C=O) groups is 2. The van der Waals surface area contributed by atoms with E-state index in [9.17, 15) is 9.59 Å². The predicted molar refractivity (Wildman–Crippen MR) is 75.3 cm³/mol. The Labute approximate surface area is 123 Å². The van der Waals surface area contributed by atoms with Crippen LogP contribution in [0.3, 0.4) is 0 Å². The summed E-state index contributed by atoms with van der Waals surface area (Å²) < 4.78 is 9.68. The van der Waals surface area contributed by atoms with Crippen molar-refractivity contribution in [3.05, 3.63) is 35.4 Å². The Kier molecular flexibility index (Phi) is 6.92. The van der Waals surface area contributed by atoms with Crippen LogP contribution >= 0.6 is 0 Å². The van der Waals surface area contributed by atoms with E-state index in [1.165, 1.54) is 7.11 Å². The fourth-order valence-electron chi connectivity index (χ4n) is 1.77. The van der Waals surface area contributed by atoms with Gasteiger partial charge in [0.2, 0.25) is 5.91 Å². The average molecular weight is 290 g/mol. The molecule has 1 amide bonds. The third kappa shape index (κ3) is 5.63. The molecule has 0 fully saturated rings. The number of nitrogens with one attached hydrogen (secondary N) is 1. The molecule has 0 aliphatic carbocycles. The lowest BCUT2D eigenvalue weighted by Crippen LogP contribution is -2.44. The summed E-state index contributed by atoms with van der Waals surface area (Å²) in [6.45, 7) is 2.08. The number of hydrogen-bond acceptors (Lipinski definition) is 5. The van der Waals surface area contributed by atoms with Crippen LogP contribution in [0.15, 0.2) is 24.3 Å². The molecule has 0 aliphatic heterocycles. The van der Waals surface area contributed by atoms with Gasteiger partial charge in [0, 0.05) is 13.0 Å². The maximum Gasteiger partial charge on any atom is 0.328 e. The van der Waals surface area contributed by atoms with Crippen LogP contribution in [0.4, 0.5) is 0 Å². The standard InChI is InChI=1S/C15H18N2O4/c1-3-21-10-14(18)17-13(15(19)20-2)8-11-5-4-6-12(7-11)9-16/h4-7,13H,3,8,10H2,1-2H3,(H,17,18)/t13-/m1/s1. The molecule has 0 unspecified atom stereocenters. The number of carbonyl (C=O) groups excluding carboxylic acids is 2. The number of methoxy groups -OCH3 is 1. The minimum atomic E-state index is -0.808. The summed E-state index contributed by atoms with van der Waals surface area (Å²) in [4.78, 5) is 23.4. The normalized spacial score (nSPS) is 11.3. The number of nitrogens with zero attached hydrogens (tertiary/aromatic N) is 1. The summed E-state index contributed by atoms with van der Waals surface area (Å²) in [6.07, 6.45) is 0.250. The number of amides is 1. The lowest BCUT2D eigenvalue weighted by Gasteiger charge is -2.16. The molecule has 1 atom stereocenters. The van der Waals surface area contributed by atoms with E-state index < -0.39 is 12.0 Å². The first-order chi connectivity index (χ1) is 10.1. The van der Waals surface area contributed by atoms with Crippen molar-refractivity contribution < 1.29 is 19.1 Å². The first-order valence-corrected chi connectivity index (χ1v) is 6.54. The topological polar surface area (TPSA) is 88.4 Å². The van der Waals surface area contributed by atoms with Crippen molar-refractivity contribution >= 4 is 11.9 Å². The Morgan fingerprint density at radius 1 is 1.43 bits per heavy atom. The number of esters is 1. The second-order valence-electron chi connectivity index (χ2n) is 4.30. The highest BCUT2D eigenvalue weighted by Crippen LogP contribution is 2.08. The van der Waals surface area contributed by atoms with E-state index in [1.807, 2.05) is 6.07 Å². The summed E-state index contributed by atoms with van der Waals surface area (Å²) in [5, 5.41) is 11.4. The van der Waals surface area contributed by atoms with Crippen molar-refractivity contribution in [3.8, 4) is 6.07 Å². The summed E-state index contributed by atoms with van der Waals surface area (Å²) in [6, 6.07) is 8.07. The molecule has 6 heteroatoms. The van der Waals surface area contributed by atoms with E-state index >= 15 is 0 Å². The van der Waals surface area contributed by atoms with E-state index in [2.05, 4.69) is 10.1 Å². The maximum atomic E-state index is 11.7. The van der Waals surface area contributed by atoms with Crippen molar-refractivity contribution in [2.24, 2.45) is 0 Å². The molecule has 0 radical (unpaired) electrons. The van der Waals surface area contributed by atoms with Crippen LogP contribution in [-0.2, 0) is 25.5 Å². The van der Waals surface area contributed by atoms with Gasteiger partial charge >= 0.3 is 5.97 Å². The largest absolute Gasteiger partial charge is 0.467 e. The Balaban J connectivity index is 2.76. The molecule has 1 N–H and O–H groups in total. The molecule has 0 aromatic heterocycles. The van der Waals surface area contributed by atoms with Gasteiger partial charge in [-0.1, -0.05) is 12.1 Å². The van der Waals surface area contributed by atoms with E-state index in [4.69, 9.17) is 10.00 Å². The second-order valence-corrected chi connectivity index (χ2v) is 4.30. The number of nitriles is 1. The highest BCUT2D eigenvalue weighted by Gasteiger charge is 2.22. The minimum absolute atomic E-state index is 0.109. The number of ether oxygens (including phenoxy) is 2. The van der Waals surface area contributed by atoms with Crippen molar-refractivity contribution in [2.75, 3.05) is 20.3 Å². The molecule has 0 heterocycles. The van der Waals surface area contributed by atoms with Gasteiger partial charge in [-0.3, -0.25) is 4.79 Å². The van der Waals surface area contributed by atoms with E-state index in [0.717, 1.165) is 5.56 Å². The summed E-state index contributed by atoms with van der Waals surface area (Å²) in [5.41, 5.74) is 1.26. The van der Waals surface area contributed by atoms with Crippen molar-refractivity contribution in [2.45, 2.75) is 19.4 Å². The van der Waals surface area contributed by atoms with Gasteiger partial charge in [-0.05, 0) is 24.6 Å². The molecule has 21 heavy (non-hydrogen) atoms. The number of hydrogen-bond donors (Lipinski definition) is 1. The first-order valence-electron chi connectivity index (χ1n) is 6.54. The summed E-state index contributed by atoms with van der Waals surface area (Å²) in [7, 11) is 1.26. The van der Waals surface area contributed by atoms with Gasteiger partial charge in [0.15, 0.2) is 0 Å². The fourth-order valence-corrected chi connectivity index (χ4v) is 1.77. The number of benzene rings is 1. The van der Waals surface area contributed by atoms with Crippen LogP contribution < -0.4 is 5.32 Å². The summed E-state index contributed by atoms with van der Waals surface area (Å²) >= 11 is 0. The molecule has 0 aliphatic rings. The molecule has 112 valence electrons. The minimum Gasteiger partial charge on any atom is -0.467 e. The van der Waals surface area contributed by atoms with Crippen LogP contribution in [0.2, 0.25) is 0 Å². The second kappa shape index (κ2) is 8.72. The van der Waals surface area contributed by atoms with Gasteiger partial charge in [-0.2, -0.15) is 5.26 Å². The zero-order valence-corrected chi connectivity index (χ0v) is 12.1. The van der Waals surface area contributed by atoms with Crippen LogP contribution in [0.5, 0.6) is 0 Å². The van der Waals surface area contributed by atoms with E-state index in [1.54, 1.807) is 31.2 Å². The predicted octanol–water partition coefficient (Wildman–Crippen LogP) is 0.795. The molecule has 1 rings (SSSR count). The van der Waals surface area contributed by atoms with Crippen LogP contribution in [0, 0.1) is 11.3 Å². The zero-order chi connectivity index (χ0) is 15.7. The summed E-state index contributed by atoms with van der Waals surface area (Å²) in [5.74, 6) is -0.925. The molecule has 1 aromatic rings. The van der Waals surface area contributed by atoms with Crippen LogP contribution in [-0.4, -0.2) is 38.2 Å². The monoisotopic (exact) mass is 290 g/mol. The van der Waals surface area contributed by atoms with Gasteiger partial charge in [0.1, 0.15) is 12.6 Å². The smallest absolute Gasteiger partial charge is 0.328 e. The zero-order valence-electron chi connectivity index (χ0n) is 12.1. The third-order valence-corrected chi connectivity index (χ3v) is 2.75. The molecule has 1 aromatic carbocycles. The molecule has 0 saturated heterocycles. The van der Waals surface area contributed by atoms with E-state index in [-0.39, 0.29) is 18.9 Å². The lowest BCUT2D eigenvalue weighted by molar-refractivity contribution is -0.145. The van der Waals surface area contributed by atoms with Gasteiger partial charge in [0.25, 0.3) is 0 Å². The Morgan fingerprint density at radius 2 is 2.19 bits per heavy atom. The molecule has 0 bridgehead atoms. The van der Waals surface area contributed by atoms with Crippen LogP contribution in [0.1, 0.15) is 18.1 Å². The fraction of sp³-hybridized carbons (Fsp3) is 0.400. The Hall–Kier alpha value is -2.39. The van der Waals surface area contributed by atoms with Gasteiger partial charge in [-0.15, -0.1) is 0 Å². The SMILES string of the molecule is CCOCC(=O)N[C@H](Cc1cccc(C#N)c1)C(=O)OC. The van der Waals surface area contributed by atoms with Gasteiger partial charge in [0.05, 0.1) is 18.7 Å². The van der Waals surface area contributed by atoms with Crippen molar-refractivity contribution in [1.82, 2.24) is 5.32 Å². The highest BCUT2D eigenvalue weighted by molar-refractivity contribution is 5.85. The molecule has 6 nitrogen and oxygen atoms in total. The Morgan fingerprint density at radius 3 is 2.81 bits per heavy atom. The molecule has 0 saturated carbocycles. The van der Waals surface area contributed by atoms with Crippen molar-refractivity contribution in [1.29, 1.82) is 5.26 Å². The average Bonchev–Trinajstić information content (AvgIpc) is 2.51. The Bertz CT molecular complexity index is 537. The molecular formula is C15H18N2O4. The van der Waals surface area contributed by atoms with Crippen molar-refractivity contribution in [3.63, 3.8) is 0 Å². The quantitative estimate of drug-likeness (QED) is 0.750. The first kappa shape index (κ1) is 16.7. The van der Waals surface area contributed by atoms with E-state index in [0.29, 0.717) is 12.2 Å². The third-order valence-electron chi connectivity index (χ3n) is 2.75. The van der Waals surface area contributed by atoms with Gasteiger partial charge < -0.3 is 14.8 Å².